The third-order valence-corrected chi connectivity index (χ3v) is 5.45. The minimum atomic E-state index is -0.473. The molecule has 2 N–H and O–H groups in total. The molecule has 8 nitrogen and oxygen atoms in total. The van der Waals surface area contributed by atoms with Gasteiger partial charge in [-0.2, -0.15) is 5.21 Å². The molecule has 2 aromatic carbocycles. The van der Waals surface area contributed by atoms with Crippen molar-refractivity contribution in [2.24, 2.45) is 4.99 Å². The zero-order valence-corrected chi connectivity index (χ0v) is 19.7. The molecule has 0 radical (unpaired) electrons. The predicted molar refractivity (Wildman–Crippen MR) is 129 cm³/mol. The molecule has 172 valence electrons. The van der Waals surface area contributed by atoms with E-state index in [9.17, 15) is 4.79 Å². The van der Waals surface area contributed by atoms with Gasteiger partial charge in [-0.05, 0) is 35.2 Å². The van der Waals surface area contributed by atoms with Crippen molar-refractivity contribution in [3.63, 3.8) is 0 Å². The monoisotopic (exact) mass is 466 g/mol. The SMILES string of the molecule is CCCCC(=NCc1ccc(-c2ccccc2-c2nn[nH]n2)cc1)NC(Cl)=C(C)C(=O)OC. The molecule has 1 heterocycles. The number of hydrogen-bond acceptors (Lipinski definition) is 6. The Morgan fingerprint density at radius 2 is 1.88 bits per heavy atom. The van der Waals surface area contributed by atoms with Gasteiger partial charge in [0.1, 0.15) is 11.0 Å². The van der Waals surface area contributed by atoms with Crippen LogP contribution in [0.15, 0.2) is 64.3 Å². The van der Waals surface area contributed by atoms with E-state index in [-0.39, 0.29) is 5.16 Å². The van der Waals surface area contributed by atoms with Crippen molar-refractivity contribution in [2.75, 3.05) is 7.11 Å². The molecule has 0 amide bonds. The molecule has 0 aliphatic carbocycles. The standard InChI is InChI=1S/C24H27ClN6O2/c1-4-5-10-21(27-22(25)16(2)24(32)33-3)26-15-17-11-13-18(14-12-17)19-8-6-7-9-20(19)23-28-30-31-29-23/h6-9,11-14H,4-5,10,15H2,1-3H3,(H,26,27)(H,28,29,30,31). The molecule has 0 aliphatic rings. The molecule has 0 bridgehead atoms. The number of carbonyl (C=O) groups excluding carboxylic acids is 1. The number of carbonyl (C=O) groups is 1. The van der Waals surface area contributed by atoms with Crippen LogP contribution in [0, 0.1) is 0 Å². The highest BCUT2D eigenvalue weighted by molar-refractivity contribution is 6.32. The maximum atomic E-state index is 11.7. The van der Waals surface area contributed by atoms with E-state index in [2.05, 4.69) is 45.0 Å². The van der Waals surface area contributed by atoms with Crippen LogP contribution in [-0.2, 0) is 16.1 Å². The van der Waals surface area contributed by atoms with Crippen LogP contribution in [-0.4, -0.2) is 39.5 Å². The van der Waals surface area contributed by atoms with E-state index < -0.39 is 5.97 Å². The van der Waals surface area contributed by atoms with Gasteiger partial charge in [-0.25, -0.2) is 4.79 Å². The molecule has 3 rings (SSSR count). The lowest BCUT2D eigenvalue weighted by Gasteiger charge is -2.11. The summed E-state index contributed by atoms with van der Waals surface area (Å²) in [4.78, 5) is 16.4. The number of esters is 1. The normalized spacial score (nSPS) is 12.3. The molecule has 0 atom stereocenters. The van der Waals surface area contributed by atoms with Crippen molar-refractivity contribution in [1.29, 1.82) is 0 Å². The number of halogens is 1. The van der Waals surface area contributed by atoms with Crippen molar-refractivity contribution in [3.8, 4) is 22.5 Å². The second-order valence-corrected chi connectivity index (χ2v) is 7.78. The van der Waals surface area contributed by atoms with Crippen LogP contribution in [0.3, 0.4) is 0 Å². The Morgan fingerprint density at radius 1 is 1.15 bits per heavy atom. The first-order valence-corrected chi connectivity index (χ1v) is 11.1. The van der Waals surface area contributed by atoms with Crippen LogP contribution >= 0.6 is 11.6 Å². The number of aromatic nitrogens is 4. The first kappa shape index (κ1) is 24.1. The minimum absolute atomic E-state index is 0.227. The first-order valence-electron chi connectivity index (χ1n) is 10.7. The number of nitrogens with zero attached hydrogens (tertiary/aromatic N) is 4. The lowest BCUT2D eigenvalue weighted by molar-refractivity contribution is -0.136. The van der Waals surface area contributed by atoms with E-state index in [0.717, 1.165) is 47.4 Å². The van der Waals surface area contributed by atoms with Gasteiger partial charge in [-0.15, -0.1) is 10.2 Å². The molecule has 0 aliphatic heterocycles. The van der Waals surface area contributed by atoms with E-state index in [1.165, 1.54) is 7.11 Å². The van der Waals surface area contributed by atoms with Crippen molar-refractivity contribution in [3.05, 3.63) is 64.8 Å². The zero-order chi connectivity index (χ0) is 23.6. The summed E-state index contributed by atoms with van der Waals surface area (Å²) < 4.78 is 4.73. The fourth-order valence-electron chi connectivity index (χ4n) is 3.17. The highest BCUT2D eigenvalue weighted by Gasteiger charge is 2.12. The number of unbranched alkanes of at least 4 members (excludes halogenated alkanes) is 1. The predicted octanol–water partition coefficient (Wildman–Crippen LogP) is 4.86. The minimum Gasteiger partial charge on any atom is -0.466 e. The summed E-state index contributed by atoms with van der Waals surface area (Å²) in [6.07, 6.45) is 2.71. The molecule has 9 heteroatoms. The Kier molecular flexibility index (Phi) is 8.71. The van der Waals surface area contributed by atoms with Crippen LogP contribution in [0.25, 0.3) is 22.5 Å². The van der Waals surface area contributed by atoms with Gasteiger partial charge in [-0.3, -0.25) is 4.99 Å². The van der Waals surface area contributed by atoms with Crippen molar-refractivity contribution >= 4 is 23.4 Å². The van der Waals surface area contributed by atoms with Crippen molar-refractivity contribution in [2.45, 2.75) is 39.7 Å². The van der Waals surface area contributed by atoms with Crippen molar-refractivity contribution < 1.29 is 9.53 Å². The Labute approximate surface area is 198 Å². The average Bonchev–Trinajstić information content (AvgIpc) is 3.40. The van der Waals surface area contributed by atoms with E-state index >= 15 is 0 Å². The molecule has 3 aromatic rings. The number of amidine groups is 1. The quantitative estimate of drug-likeness (QED) is 0.153. The third kappa shape index (κ3) is 6.49. The highest BCUT2D eigenvalue weighted by Crippen LogP contribution is 2.29. The largest absolute Gasteiger partial charge is 0.466 e. The lowest BCUT2D eigenvalue weighted by atomic mass is 9.98. The summed E-state index contributed by atoms with van der Waals surface area (Å²) in [5.41, 5.74) is 4.34. The Morgan fingerprint density at radius 3 is 2.52 bits per heavy atom. The van der Waals surface area contributed by atoms with Gasteiger partial charge in [0.2, 0.25) is 5.82 Å². The number of ether oxygens (including phenoxy) is 1. The highest BCUT2D eigenvalue weighted by atomic mass is 35.5. The molecular weight excluding hydrogens is 440 g/mol. The summed E-state index contributed by atoms with van der Waals surface area (Å²) in [5, 5.41) is 17.7. The number of rotatable bonds is 9. The Bertz CT molecular complexity index is 1120. The topological polar surface area (TPSA) is 105 Å². The Hall–Kier alpha value is -3.52. The number of tetrazole rings is 1. The average molecular weight is 467 g/mol. The molecule has 0 fully saturated rings. The van der Waals surface area contributed by atoms with E-state index in [1.807, 2.05) is 36.4 Å². The van der Waals surface area contributed by atoms with Crippen LogP contribution < -0.4 is 5.32 Å². The number of methoxy groups -OCH3 is 1. The smallest absolute Gasteiger partial charge is 0.336 e. The van der Waals surface area contributed by atoms with Crippen LogP contribution in [0.1, 0.15) is 38.7 Å². The number of benzene rings is 2. The first-order chi connectivity index (χ1) is 16.0. The van der Waals surface area contributed by atoms with Crippen LogP contribution in [0.2, 0.25) is 0 Å². The van der Waals surface area contributed by atoms with E-state index in [1.54, 1.807) is 6.92 Å². The third-order valence-electron chi connectivity index (χ3n) is 5.07. The van der Waals surface area contributed by atoms with Gasteiger partial charge in [0.15, 0.2) is 0 Å². The van der Waals surface area contributed by atoms with Gasteiger partial charge in [0.25, 0.3) is 0 Å². The summed E-state index contributed by atoms with van der Waals surface area (Å²) in [6, 6.07) is 16.1. The summed E-state index contributed by atoms with van der Waals surface area (Å²) >= 11 is 6.28. The van der Waals surface area contributed by atoms with Gasteiger partial charge < -0.3 is 10.1 Å². The molecule has 33 heavy (non-hydrogen) atoms. The molecule has 0 saturated heterocycles. The number of aliphatic imine (C=N–C) groups is 1. The van der Waals surface area contributed by atoms with E-state index in [4.69, 9.17) is 21.3 Å². The van der Waals surface area contributed by atoms with Crippen molar-refractivity contribution in [1.82, 2.24) is 25.9 Å². The molecule has 0 saturated carbocycles. The summed E-state index contributed by atoms with van der Waals surface area (Å²) in [5.74, 6) is 0.814. The van der Waals surface area contributed by atoms with Gasteiger partial charge >= 0.3 is 5.97 Å². The van der Waals surface area contributed by atoms with E-state index in [0.29, 0.717) is 17.9 Å². The van der Waals surface area contributed by atoms with Crippen LogP contribution in [0.5, 0.6) is 0 Å². The molecule has 1 aromatic heterocycles. The van der Waals surface area contributed by atoms with Gasteiger partial charge in [0.05, 0.1) is 19.2 Å². The molecule has 0 unspecified atom stereocenters. The second kappa shape index (κ2) is 11.9. The maximum absolute atomic E-state index is 11.7. The number of aromatic amines is 1. The number of H-pyrrole nitrogens is 1. The molecule has 0 spiro atoms. The second-order valence-electron chi connectivity index (χ2n) is 7.40. The summed E-state index contributed by atoms with van der Waals surface area (Å²) in [7, 11) is 1.33. The van der Waals surface area contributed by atoms with Gasteiger partial charge in [0, 0.05) is 12.0 Å². The maximum Gasteiger partial charge on any atom is 0.336 e. The zero-order valence-electron chi connectivity index (χ0n) is 18.9. The number of hydrogen-bond donors (Lipinski definition) is 2. The van der Waals surface area contributed by atoms with Gasteiger partial charge in [-0.1, -0.05) is 73.5 Å². The summed E-state index contributed by atoms with van der Waals surface area (Å²) in [6.45, 7) is 4.21. The fourth-order valence-corrected chi connectivity index (χ4v) is 3.36. The van der Waals surface area contributed by atoms with Crippen LogP contribution in [0.4, 0.5) is 0 Å². The molecular formula is C24H27ClN6O2. The lowest BCUT2D eigenvalue weighted by Crippen LogP contribution is -2.23. The number of nitrogens with one attached hydrogen (secondary N) is 2. The fraction of sp³-hybridized carbons (Fsp3) is 0.292. The Balaban J connectivity index is 1.77.